The summed E-state index contributed by atoms with van der Waals surface area (Å²) in [6.07, 6.45) is 7.22. The minimum atomic E-state index is 0.383. The molecule has 1 fully saturated rings. The van der Waals surface area contributed by atoms with Gasteiger partial charge >= 0.3 is 0 Å². The van der Waals surface area contributed by atoms with Crippen LogP contribution in [0.3, 0.4) is 0 Å². The lowest BCUT2D eigenvalue weighted by atomic mass is 10.1. The summed E-state index contributed by atoms with van der Waals surface area (Å²) < 4.78 is 0. The van der Waals surface area contributed by atoms with Gasteiger partial charge in [0.1, 0.15) is 0 Å². The second-order valence-electron chi connectivity index (χ2n) is 2.79. The SMILES string of the molecule is CCC/C=C1/CCCC1=O. The fourth-order valence-corrected chi connectivity index (χ4v) is 1.27. The van der Waals surface area contributed by atoms with Crippen LogP contribution in [0, 0.1) is 0 Å². The quantitative estimate of drug-likeness (QED) is 0.536. The van der Waals surface area contributed by atoms with Crippen LogP contribution in [0.15, 0.2) is 11.6 Å². The predicted octanol–water partition coefficient (Wildman–Crippen LogP) is 2.47. The highest BCUT2D eigenvalue weighted by Gasteiger charge is 2.15. The van der Waals surface area contributed by atoms with Crippen LogP contribution >= 0.6 is 0 Å². The molecule has 1 rings (SSSR count). The maximum absolute atomic E-state index is 11.0. The number of rotatable bonds is 2. The molecule has 0 spiro atoms. The van der Waals surface area contributed by atoms with Gasteiger partial charge in [-0.1, -0.05) is 19.4 Å². The smallest absolute Gasteiger partial charge is 0.158 e. The Morgan fingerprint density at radius 1 is 1.50 bits per heavy atom. The van der Waals surface area contributed by atoms with Gasteiger partial charge in [-0.25, -0.2) is 0 Å². The maximum Gasteiger partial charge on any atom is 0.158 e. The third-order valence-electron chi connectivity index (χ3n) is 1.89. The Bertz CT molecular complexity index is 156. The van der Waals surface area contributed by atoms with Crippen LogP contribution in [0.25, 0.3) is 0 Å². The molecule has 0 N–H and O–H groups in total. The molecule has 1 aliphatic carbocycles. The van der Waals surface area contributed by atoms with E-state index in [0.717, 1.165) is 37.7 Å². The minimum absolute atomic E-state index is 0.383. The van der Waals surface area contributed by atoms with Crippen molar-refractivity contribution in [2.24, 2.45) is 0 Å². The van der Waals surface area contributed by atoms with Gasteiger partial charge in [0, 0.05) is 6.42 Å². The lowest BCUT2D eigenvalue weighted by Crippen LogP contribution is -1.90. The lowest BCUT2D eigenvalue weighted by molar-refractivity contribution is -0.114. The van der Waals surface area contributed by atoms with E-state index in [1.165, 1.54) is 0 Å². The Labute approximate surface area is 62.1 Å². The van der Waals surface area contributed by atoms with E-state index in [4.69, 9.17) is 0 Å². The van der Waals surface area contributed by atoms with Crippen LogP contribution in [0.1, 0.15) is 39.0 Å². The first-order chi connectivity index (χ1) is 4.84. The number of carbonyl (C=O) groups is 1. The molecule has 0 aromatic carbocycles. The normalized spacial score (nSPS) is 22.5. The van der Waals surface area contributed by atoms with Crippen molar-refractivity contribution in [1.29, 1.82) is 0 Å². The number of hydrogen-bond acceptors (Lipinski definition) is 1. The fourth-order valence-electron chi connectivity index (χ4n) is 1.27. The molecule has 0 amide bonds. The maximum atomic E-state index is 11.0. The molecule has 0 radical (unpaired) electrons. The van der Waals surface area contributed by atoms with E-state index in [9.17, 15) is 4.79 Å². The summed E-state index contributed by atoms with van der Waals surface area (Å²) in [5.41, 5.74) is 1.09. The van der Waals surface area contributed by atoms with Crippen molar-refractivity contribution in [2.45, 2.75) is 39.0 Å². The third-order valence-corrected chi connectivity index (χ3v) is 1.89. The molecule has 1 nitrogen and oxygen atoms in total. The molecule has 0 heterocycles. The van der Waals surface area contributed by atoms with Crippen LogP contribution in [0.5, 0.6) is 0 Å². The molecule has 56 valence electrons. The molecule has 1 aliphatic rings. The van der Waals surface area contributed by atoms with Gasteiger partial charge in [-0.05, 0) is 24.8 Å². The number of ketones is 1. The van der Waals surface area contributed by atoms with E-state index in [1.54, 1.807) is 0 Å². The Morgan fingerprint density at radius 3 is 2.80 bits per heavy atom. The molecule has 0 atom stereocenters. The van der Waals surface area contributed by atoms with Crippen molar-refractivity contribution in [2.75, 3.05) is 0 Å². The topological polar surface area (TPSA) is 17.1 Å². The second-order valence-corrected chi connectivity index (χ2v) is 2.79. The molecule has 0 aromatic rings. The van der Waals surface area contributed by atoms with E-state index in [1.807, 2.05) is 0 Å². The van der Waals surface area contributed by atoms with Gasteiger partial charge in [0.2, 0.25) is 0 Å². The van der Waals surface area contributed by atoms with Gasteiger partial charge in [0.25, 0.3) is 0 Å². The van der Waals surface area contributed by atoms with Crippen LogP contribution in [0.2, 0.25) is 0 Å². The highest BCUT2D eigenvalue weighted by atomic mass is 16.1. The Morgan fingerprint density at radius 2 is 2.30 bits per heavy atom. The molecule has 0 bridgehead atoms. The number of unbranched alkanes of at least 4 members (excludes halogenated alkanes) is 1. The first-order valence-corrected chi connectivity index (χ1v) is 4.07. The molecule has 1 saturated carbocycles. The van der Waals surface area contributed by atoms with E-state index in [-0.39, 0.29) is 0 Å². The third kappa shape index (κ3) is 1.69. The number of allylic oxidation sites excluding steroid dienone is 2. The molecular formula is C9H14O. The average Bonchev–Trinajstić information content (AvgIpc) is 2.31. The highest BCUT2D eigenvalue weighted by Crippen LogP contribution is 2.20. The summed E-state index contributed by atoms with van der Waals surface area (Å²) in [6.45, 7) is 2.14. The van der Waals surface area contributed by atoms with E-state index in [0.29, 0.717) is 5.78 Å². The Balaban J connectivity index is 2.46. The average molecular weight is 138 g/mol. The van der Waals surface area contributed by atoms with Crippen molar-refractivity contribution in [1.82, 2.24) is 0 Å². The zero-order valence-electron chi connectivity index (χ0n) is 6.52. The second kappa shape index (κ2) is 3.55. The van der Waals surface area contributed by atoms with E-state index in [2.05, 4.69) is 13.0 Å². The molecule has 10 heavy (non-hydrogen) atoms. The summed E-state index contributed by atoms with van der Waals surface area (Å²) >= 11 is 0. The van der Waals surface area contributed by atoms with Gasteiger partial charge in [-0.15, -0.1) is 0 Å². The Hall–Kier alpha value is -0.590. The molecule has 0 unspecified atom stereocenters. The summed E-state index contributed by atoms with van der Waals surface area (Å²) in [6, 6.07) is 0. The van der Waals surface area contributed by atoms with Gasteiger partial charge in [-0.3, -0.25) is 4.79 Å². The van der Waals surface area contributed by atoms with Crippen LogP contribution in [0.4, 0.5) is 0 Å². The standard InChI is InChI=1S/C9H14O/c1-2-3-5-8-6-4-7-9(8)10/h5H,2-4,6-7H2,1H3/b8-5-. The monoisotopic (exact) mass is 138 g/mol. The van der Waals surface area contributed by atoms with Crippen LogP contribution in [-0.2, 0) is 4.79 Å². The number of hydrogen-bond donors (Lipinski definition) is 0. The van der Waals surface area contributed by atoms with E-state index >= 15 is 0 Å². The summed E-state index contributed by atoms with van der Waals surface area (Å²) in [5, 5.41) is 0. The minimum Gasteiger partial charge on any atom is -0.295 e. The van der Waals surface area contributed by atoms with Gasteiger partial charge in [0.15, 0.2) is 5.78 Å². The Kier molecular flexibility index (Phi) is 2.67. The van der Waals surface area contributed by atoms with Crippen molar-refractivity contribution >= 4 is 5.78 Å². The first-order valence-electron chi connectivity index (χ1n) is 4.07. The fraction of sp³-hybridized carbons (Fsp3) is 0.667. The predicted molar refractivity (Wildman–Crippen MR) is 41.8 cm³/mol. The van der Waals surface area contributed by atoms with Crippen molar-refractivity contribution in [3.05, 3.63) is 11.6 Å². The molecule has 0 aromatic heterocycles. The largest absolute Gasteiger partial charge is 0.295 e. The summed E-state index contributed by atoms with van der Waals surface area (Å²) in [7, 11) is 0. The van der Waals surface area contributed by atoms with E-state index < -0.39 is 0 Å². The van der Waals surface area contributed by atoms with Gasteiger partial charge in [-0.2, -0.15) is 0 Å². The lowest BCUT2D eigenvalue weighted by Gasteiger charge is -1.91. The molecular weight excluding hydrogens is 124 g/mol. The van der Waals surface area contributed by atoms with Crippen molar-refractivity contribution in [3.8, 4) is 0 Å². The summed E-state index contributed by atoms with van der Waals surface area (Å²) in [5.74, 6) is 0.383. The number of carbonyl (C=O) groups excluding carboxylic acids is 1. The molecule has 0 aliphatic heterocycles. The zero-order chi connectivity index (χ0) is 7.40. The number of Topliss-reactive ketones (excluding diaryl/α,β-unsaturated/α-hetero) is 1. The van der Waals surface area contributed by atoms with Gasteiger partial charge in [0.05, 0.1) is 0 Å². The van der Waals surface area contributed by atoms with Crippen LogP contribution < -0.4 is 0 Å². The van der Waals surface area contributed by atoms with Crippen LogP contribution in [-0.4, -0.2) is 5.78 Å². The van der Waals surface area contributed by atoms with Crippen molar-refractivity contribution < 1.29 is 4.79 Å². The first kappa shape index (κ1) is 7.52. The summed E-state index contributed by atoms with van der Waals surface area (Å²) in [4.78, 5) is 11.0. The molecule has 1 heteroatoms. The zero-order valence-corrected chi connectivity index (χ0v) is 6.52. The van der Waals surface area contributed by atoms with Gasteiger partial charge < -0.3 is 0 Å². The molecule has 0 saturated heterocycles. The van der Waals surface area contributed by atoms with Crippen molar-refractivity contribution in [3.63, 3.8) is 0 Å². The highest BCUT2D eigenvalue weighted by molar-refractivity contribution is 5.97.